The largest absolute Gasteiger partial charge is 0.456 e. The summed E-state index contributed by atoms with van der Waals surface area (Å²) in [6, 6.07) is 4.02. The highest BCUT2D eigenvalue weighted by molar-refractivity contribution is 5.92. The molecule has 164 valence electrons. The fraction of sp³-hybridized carbons (Fsp3) is 0.476. The molecule has 1 amide bonds. The SMILES string of the molecule is Cc1nn(CC(C)C)c(C)c1CCC(=O)OCC(=O)Nc1ccc(C(F)(F)F)cc1. The van der Waals surface area contributed by atoms with E-state index in [1.54, 1.807) is 0 Å². The second kappa shape index (κ2) is 9.77. The number of nitrogens with one attached hydrogen (secondary N) is 1. The second-order valence-corrected chi connectivity index (χ2v) is 7.51. The highest BCUT2D eigenvalue weighted by Crippen LogP contribution is 2.29. The van der Waals surface area contributed by atoms with E-state index in [1.165, 1.54) is 0 Å². The van der Waals surface area contributed by atoms with E-state index in [4.69, 9.17) is 4.74 Å². The van der Waals surface area contributed by atoms with Crippen molar-refractivity contribution >= 4 is 17.6 Å². The van der Waals surface area contributed by atoms with Gasteiger partial charge in [0.2, 0.25) is 0 Å². The van der Waals surface area contributed by atoms with Gasteiger partial charge < -0.3 is 10.1 Å². The number of rotatable bonds is 8. The number of ether oxygens (including phenoxy) is 1. The average molecular weight is 425 g/mol. The second-order valence-electron chi connectivity index (χ2n) is 7.51. The van der Waals surface area contributed by atoms with E-state index >= 15 is 0 Å². The average Bonchev–Trinajstić information content (AvgIpc) is 2.90. The Morgan fingerprint density at radius 2 is 1.80 bits per heavy atom. The number of amides is 1. The van der Waals surface area contributed by atoms with Crippen molar-refractivity contribution in [2.45, 2.75) is 53.3 Å². The number of benzene rings is 1. The van der Waals surface area contributed by atoms with Gasteiger partial charge in [-0.15, -0.1) is 0 Å². The summed E-state index contributed by atoms with van der Waals surface area (Å²) in [5.41, 5.74) is 2.24. The minimum Gasteiger partial charge on any atom is -0.456 e. The number of hydrogen-bond donors (Lipinski definition) is 1. The minimum atomic E-state index is -4.44. The van der Waals surface area contributed by atoms with Crippen LogP contribution in [0.15, 0.2) is 24.3 Å². The first-order valence-electron chi connectivity index (χ1n) is 9.63. The summed E-state index contributed by atoms with van der Waals surface area (Å²) in [5.74, 6) is -0.711. The standard InChI is InChI=1S/C21H26F3N3O3/c1-13(2)11-27-15(4)18(14(3)26-27)9-10-20(29)30-12-19(28)25-17-7-5-16(6-8-17)21(22,23)24/h5-8,13H,9-12H2,1-4H3,(H,25,28). The van der Waals surface area contributed by atoms with E-state index in [0.29, 0.717) is 12.3 Å². The molecule has 0 aliphatic rings. The van der Waals surface area contributed by atoms with E-state index < -0.39 is 30.2 Å². The summed E-state index contributed by atoms with van der Waals surface area (Å²) < 4.78 is 44.5. The Labute approximate surface area is 173 Å². The Morgan fingerprint density at radius 3 is 2.37 bits per heavy atom. The number of carbonyl (C=O) groups is 2. The van der Waals surface area contributed by atoms with Gasteiger partial charge in [0.15, 0.2) is 6.61 Å². The lowest BCUT2D eigenvalue weighted by molar-refractivity contribution is -0.147. The van der Waals surface area contributed by atoms with Gasteiger partial charge in [-0.1, -0.05) is 13.8 Å². The van der Waals surface area contributed by atoms with Crippen molar-refractivity contribution in [2.24, 2.45) is 5.92 Å². The van der Waals surface area contributed by atoms with Crippen molar-refractivity contribution in [1.82, 2.24) is 9.78 Å². The topological polar surface area (TPSA) is 73.2 Å². The summed E-state index contributed by atoms with van der Waals surface area (Å²) in [4.78, 5) is 23.8. The fourth-order valence-electron chi connectivity index (χ4n) is 3.00. The normalized spacial score (nSPS) is 11.6. The molecule has 30 heavy (non-hydrogen) atoms. The first-order valence-corrected chi connectivity index (χ1v) is 9.63. The number of aromatic nitrogens is 2. The molecule has 2 rings (SSSR count). The van der Waals surface area contributed by atoms with Gasteiger partial charge in [0.1, 0.15) is 0 Å². The predicted octanol–water partition coefficient (Wildman–Crippen LogP) is 4.29. The molecular formula is C21H26F3N3O3. The third-order valence-corrected chi connectivity index (χ3v) is 4.51. The molecule has 0 aliphatic carbocycles. The van der Waals surface area contributed by atoms with Gasteiger partial charge in [-0.05, 0) is 56.0 Å². The van der Waals surface area contributed by atoms with Crippen LogP contribution in [0.4, 0.5) is 18.9 Å². The van der Waals surface area contributed by atoms with Gasteiger partial charge in [0.05, 0.1) is 11.3 Å². The summed E-state index contributed by atoms with van der Waals surface area (Å²) >= 11 is 0. The number of alkyl halides is 3. The lowest BCUT2D eigenvalue weighted by Gasteiger charge is -2.09. The van der Waals surface area contributed by atoms with Crippen LogP contribution in [-0.4, -0.2) is 28.3 Å². The van der Waals surface area contributed by atoms with E-state index in [0.717, 1.165) is 47.8 Å². The third-order valence-electron chi connectivity index (χ3n) is 4.51. The monoisotopic (exact) mass is 425 g/mol. The van der Waals surface area contributed by atoms with Crippen LogP contribution in [0.1, 0.15) is 42.8 Å². The van der Waals surface area contributed by atoms with Crippen molar-refractivity contribution in [3.63, 3.8) is 0 Å². The molecule has 1 aromatic carbocycles. The maximum Gasteiger partial charge on any atom is 0.416 e. The Kier molecular flexibility index (Phi) is 7.64. The Hall–Kier alpha value is -2.84. The molecule has 1 heterocycles. The predicted molar refractivity (Wildman–Crippen MR) is 106 cm³/mol. The summed E-state index contributed by atoms with van der Waals surface area (Å²) in [6.07, 6.45) is -3.89. The van der Waals surface area contributed by atoms with Crippen LogP contribution in [0, 0.1) is 19.8 Å². The van der Waals surface area contributed by atoms with Crippen LogP contribution in [0.5, 0.6) is 0 Å². The third kappa shape index (κ3) is 6.60. The van der Waals surface area contributed by atoms with E-state index in [1.807, 2.05) is 18.5 Å². The van der Waals surface area contributed by atoms with Crippen molar-refractivity contribution < 1.29 is 27.5 Å². The zero-order chi connectivity index (χ0) is 22.5. The lowest BCUT2D eigenvalue weighted by atomic mass is 10.1. The molecule has 0 fully saturated rings. The molecule has 9 heteroatoms. The smallest absolute Gasteiger partial charge is 0.416 e. The summed E-state index contributed by atoms with van der Waals surface area (Å²) in [6.45, 7) is 8.33. The summed E-state index contributed by atoms with van der Waals surface area (Å²) in [5, 5.41) is 6.89. The zero-order valence-corrected chi connectivity index (χ0v) is 17.5. The molecule has 1 aromatic heterocycles. The molecular weight excluding hydrogens is 399 g/mol. The van der Waals surface area contributed by atoms with Crippen molar-refractivity contribution in [1.29, 1.82) is 0 Å². The van der Waals surface area contributed by atoms with Crippen molar-refractivity contribution in [3.05, 3.63) is 46.8 Å². The number of halogens is 3. The maximum absolute atomic E-state index is 12.5. The quantitative estimate of drug-likeness (QED) is 0.641. The molecule has 2 aromatic rings. The van der Waals surface area contributed by atoms with E-state index in [2.05, 4.69) is 24.3 Å². The van der Waals surface area contributed by atoms with Crippen LogP contribution in [0.2, 0.25) is 0 Å². The van der Waals surface area contributed by atoms with Crippen molar-refractivity contribution in [2.75, 3.05) is 11.9 Å². The number of esters is 1. The van der Waals surface area contributed by atoms with Crippen LogP contribution >= 0.6 is 0 Å². The molecule has 6 nitrogen and oxygen atoms in total. The first kappa shape index (κ1) is 23.4. The van der Waals surface area contributed by atoms with Crippen LogP contribution in [0.25, 0.3) is 0 Å². The fourth-order valence-corrected chi connectivity index (χ4v) is 3.00. The maximum atomic E-state index is 12.5. The van der Waals surface area contributed by atoms with Crippen molar-refractivity contribution in [3.8, 4) is 0 Å². The summed E-state index contributed by atoms with van der Waals surface area (Å²) in [7, 11) is 0. The lowest BCUT2D eigenvalue weighted by Crippen LogP contribution is -2.21. The highest BCUT2D eigenvalue weighted by atomic mass is 19.4. The molecule has 0 saturated carbocycles. The van der Waals surface area contributed by atoms with Gasteiger partial charge in [0.25, 0.3) is 5.91 Å². The molecule has 0 aliphatic heterocycles. The first-order chi connectivity index (χ1) is 14.0. The number of anilines is 1. The highest BCUT2D eigenvalue weighted by Gasteiger charge is 2.30. The van der Waals surface area contributed by atoms with Gasteiger partial charge in [0, 0.05) is 24.3 Å². The van der Waals surface area contributed by atoms with Crippen LogP contribution in [0.3, 0.4) is 0 Å². The molecule has 0 atom stereocenters. The van der Waals surface area contributed by atoms with Gasteiger partial charge in [-0.2, -0.15) is 18.3 Å². The molecule has 0 spiro atoms. The number of carbonyl (C=O) groups excluding carboxylic acids is 2. The van der Waals surface area contributed by atoms with Crippen LogP contribution < -0.4 is 5.32 Å². The van der Waals surface area contributed by atoms with Gasteiger partial charge in [-0.3, -0.25) is 14.3 Å². The van der Waals surface area contributed by atoms with Gasteiger partial charge >= 0.3 is 12.1 Å². The molecule has 0 unspecified atom stereocenters. The Balaban J connectivity index is 1.81. The van der Waals surface area contributed by atoms with E-state index in [-0.39, 0.29) is 12.1 Å². The molecule has 0 bridgehead atoms. The van der Waals surface area contributed by atoms with Gasteiger partial charge in [-0.25, -0.2) is 0 Å². The number of hydrogen-bond acceptors (Lipinski definition) is 4. The number of aryl methyl sites for hydroxylation is 1. The Bertz CT molecular complexity index is 887. The molecule has 1 N–H and O–H groups in total. The van der Waals surface area contributed by atoms with E-state index in [9.17, 15) is 22.8 Å². The number of nitrogens with zero attached hydrogens (tertiary/aromatic N) is 2. The molecule has 0 radical (unpaired) electrons. The van der Waals surface area contributed by atoms with Crippen LogP contribution in [-0.2, 0) is 33.5 Å². The molecule has 0 saturated heterocycles. The Morgan fingerprint density at radius 1 is 1.17 bits per heavy atom. The minimum absolute atomic E-state index is 0.0998. The zero-order valence-electron chi connectivity index (χ0n) is 17.5.